The molecule has 0 saturated carbocycles. The fourth-order valence-corrected chi connectivity index (χ4v) is 1.24. The van der Waals surface area contributed by atoms with Crippen LogP contribution in [0, 0.1) is 0 Å². The van der Waals surface area contributed by atoms with Gasteiger partial charge in [-0.05, 0) is 14.9 Å². The first-order chi connectivity index (χ1) is 2.39. The molecule has 1 saturated heterocycles. The third kappa shape index (κ3) is 0.783. The molecule has 1 nitrogen and oxygen atoms in total. The van der Waals surface area contributed by atoms with Gasteiger partial charge in [0, 0.05) is 6.54 Å². The van der Waals surface area contributed by atoms with E-state index in [-0.39, 0.29) is 0 Å². The van der Waals surface area contributed by atoms with E-state index in [1.54, 1.807) is 0 Å². The standard InChI is InChI=1S/C2H6NPS/c5-3-1-2-4-3/h4-5H,1-2H2. The average Bonchev–Trinajstić information content (AvgIpc) is 1.30. The lowest BCUT2D eigenvalue weighted by molar-refractivity contribution is 0.727. The quantitative estimate of drug-likeness (QED) is 0.353. The lowest BCUT2D eigenvalue weighted by Crippen LogP contribution is -2.16. The van der Waals surface area contributed by atoms with E-state index in [0.717, 1.165) is 8.73 Å². The lowest BCUT2D eigenvalue weighted by Gasteiger charge is -2.22. The van der Waals surface area contributed by atoms with Gasteiger partial charge in [0.15, 0.2) is 0 Å². The van der Waals surface area contributed by atoms with E-state index >= 15 is 0 Å². The van der Waals surface area contributed by atoms with Crippen LogP contribution in [0.2, 0.25) is 0 Å². The van der Waals surface area contributed by atoms with Gasteiger partial charge in [0.2, 0.25) is 0 Å². The van der Waals surface area contributed by atoms with E-state index in [4.69, 9.17) is 0 Å². The van der Waals surface area contributed by atoms with E-state index < -0.39 is 0 Å². The third-order valence-corrected chi connectivity index (χ3v) is 2.28. The summed E-state index contributed by atoms with van der Waals surface area (Å²) in [5.74, 6) is 0. The van der Waals surface area contributed by atoms with Crippen LogP contribution in [0.3, 0.4) is 0 Å². The molecule has 0 aromatic rings. The van der Waals surface area contributed by atoms with Crippen molar-refractivity contribution in [1.82, 2.24) is 4.08 Å². The summed E-state index contributed by atoms with van der Waals surface area (Å²) in [4.78, 5) is 0. The highest BCUT2D eigenvalue weighted by atomic mass is 32.1. The molecule has 1 heterocycles. The molecule has 1 unspecified atom stereocenters. The predicted octanol–water partition coefficient (Wildman–Crippen LogP) is 0.740. The Morgan fingerprint density at radius 3 is 2.20 bits per heavy atom. The highest BCUT2D eigenvalue weighted by Crippen LogP contribution is 2.28. The summed E-state index contributed by atoms with van der Waals surface area (Å²) < 4.78 is 2.03. The average molecular weight is 107 g/mol. The zero-order valence-corrected chi connectivity index (χ0v) is 4.70. The second-order valence-corrected chi connectivity index (χ2v) is 3.25. The van der Waals surface area contributed by atoms with E-state index in [9.17, 15) is 0 Å². The molecule has 1 aliphatic rings. The lowest BCUT2D eigenvalue weighted by atomic mass is 10.8. The highest BCUT2D eigenvalue weighted by Gasteiger charge is 2.06. The molecule has 0 aliphatic carbocycles. The fraction of sp³-hybridized carbons (Fsp3) is 1.00. The van der Waals surface area contributed by atoms with Gasteiger partial charge >= 0.3 is 0 Å². The van der Waals surface area contributed by atoms with E-state index in [2.05, 4.69) is 12.8 Å². The van der Waals surface area contributed by atoms with Gasteiger partial charge in [0.05, 0.1) is 0 Å². The van der Waals surface area contributed by atoms with Gasteiger partial charge in [-0.2, -0.15) is 0 Å². The van der Waals surface area contributed by atoms with Crippen LogP contribution in [0.4, 0.5) is 0 Å². The van der Waals surface area contributed by atoms with Crippen molar-refractivity contribution in [2.45, 2.75) is 0 Å². The minimum Gasteiger partial charge on any atom is -0.234 e. The number of thiol groups is 1. The highest BCUT2D eigenvalue weighted by molar-refractivity contribution is 7.83. The largest absolute Gasteiger partial charge is 0.234 e. The van der Waals surface area contributed by atoms with Gasteiger partial charge in [-0.3, -0.25) is 0 Å². The Hall–Kier alpha value is 0.740. The maximum Gasteiger partial charge on any atom is 0.0174 e. The van der Waals surface area contributed by atoms with Gasteiger partial charge in [-0.15, -0.1) is 0 Å². The van der Waals surface area contributed by atoms with Crippen molar-refractivity contribution in [2.75, 3.05) is 12.7 Å². The molecule has 0 radical (unpaired) electrons. The molecule has 0 amide bonds. The third-order valence-electron chi connectivity index (χ3n) is 0.618. The summed E-state index contributed by atoms with van der Waals surface area (Å²) in [5.41, 5.74) is 0. The van der Waals surface area contributed by atoms with Crippen LogP contribution in [0.1, 0.15) is 0 Å². The maximum absolute atomic E-state index is 4.03. The van der Waals surface area contributed by atoms with Crippen molar-refractivity contribution in [1.29, 1.82) is 0 Å². The van der Waals surface area contributed by atoms with Gasteiger partial charge in [0.25, 0.3) is 0 Å². The van der Waals surface area contributed by atoms with E-state index in [0.29, 0.717) is 0 Å². The Kier molecular flexibility index (Phi) is 1.14. The molecule has 0 spiro atoms. The van der Waals surface area contributed by atoms with Crippen molar-refractivity contribution >= 4 is 21.5 Å². The topological polar surface area (TPSA) is 3.24 Å². The SMILES string of the molecule is SN1CCP1. The van der Waals surface area contributed by atoms with E-state index in [1.165, 1.54) is 12.7 Å². The Morgan fingerprint density at radius 2 is 2.20 bits per heavy atom. The van der Waals surface area contributed by atoms with Crippen LogP contribution in [0.25, 0.3) is 0 Å². The Morgan fingerprint density at radius 1 is 1.80 bits per heavy atom. The summed E-state index contributed by atoms with van der Waals surface area (Å²) in [6.07, 6.45) is 1.36. The Balaban J connectivity index is 2.08. The van der Waals surface area contributed by atoms with E-state index in [1.807, 2.05) is 4.08 Å². The Bertz CT molecular complexity index is 36.6. The maximum atomic E-state index is 4.03. The molecule has 0 aromatic carbocycles. The van der Waals surface area contributed by atoms with Crippen LogP contribution in [0.5, 0.6) is 0 Å². The minimum absolute atomic E-state index is 0.992. The summed E-state index contributed by atoms with van der Waals surface area (Å²) >= 11 is 4.03. The van der Waals surface area contributed by atoms with Gasteiger partial charge in [-0.25, -0.2) is 4.08 Å². The van der Waals surface area contributed by atoms with Crippen LogP contribution < -0.4 is 0 Å². The summed E-state index contributed by atoms with van der Waals surface area (Å²) in [6.45, 7) is 1.20. The number of nitrogens with zero attached hydrogens (tertiary/aromatic N) is 1. The molecule has 0 bridgehead atoms. The predicted molar refractivity (Wildman–Crippen MR) is 28.9 cm³/mol. The molecule has 5 heavy (non-hydrogen) atoms. The zero-order valence-electron chi connectivity index (χ0n) is 2.81. The first-order valence-corrected chi connectivity index (χ1v) is 3.15. The van der Waals surface area contributed by atoms with Crippen LogP contribution >= 0.6 is 21.5 Å². The smallest absolute Gasteiger partial charge is 0.0174 e. The molecular weight excluding hydrogens is 101 g/mol. The molecule has 3 heteroatoms. The van der Waals surface area contributed by atoms with Crippen molar-refractivity contribution in [2.24, 2.45) is 0 Å². The fourth-order valence-electron chi connectivity index (χ4n) is 0.212. The molecular formula is C2H6NPS. The number of hydrogen-bond donors (Lipinski definition) is 1. The van der Waals surface area contributed by atoms with Crippen molar-refractivity contribution < 1.29 is 0 Å². The molecule has 1 fully saturated rings. The molecule has 30 valence electrons. The van der Waals surface area contributed by atoms with Crippen LogP contribution in [-0.2, 0) is 0 Å². The Labute approximate surface area is 39.1 Å². The summed E-state index contributed by atoms with van der Waals surface area (Å²) in [6, 6.07) is 0. The summed E-state index contributed by atoms with van der Waals surface area (Å²) in [7, 11) is 0.992. The molecule has 1 aliphatic heterocycles. The number of hydrogen-bond acceptors (Lipinski definition) is 2. The molecule has 1 rings (SSSR count). The second kappa shape index (κ2) is 1.46. The monoisotopic (exact) mass is 107 g/mol. The normalized spacial score (nSPS) is 30.6. The van der Waals surface area contributed by atoms with Gasteiger partial charge in [-0.1, -0.05) is 12.8 Å². The van der Waals surface area contributed by atoms with Crippen LogP contribution in [0.15, 0.2) is 0 Å². The molecule has 0 aromatic heterocycles. The van der Waals surface area contributed by atoms with Crippen molar-refractivity contribution in [3.63, 3.8) is 0 Å². The van der Waals surface area contributed by atoms with Crippen molar-refractivity contribution in [3.05, 3.63) is 0 Å². The second-order valence-electron chi connectivity index (χ2n) is 1.03. The first-order valence-electron chi connectivity index (χ1n) is 1.59. The van der Waals surface area contributed by atoms with Gasteiger partial charge < -0.3 is 0 Å². The summed E-state index contributed by atoms with van der Waals surface area (Å²) in [5, 5.41) is 0. The molecule has 0 N–H and O–H groups in total. The zero-order chi connectivity index (χ0) is 3.70. The van der Waals surface area contributed by atoms with Crippen LogP contribution in [-0.4, -0.2) is 16.8 Å². The van der Waals surface area contributed by atoms with Gasteiger partial charge in [0.1, 0.15) is 0 Å². The van der Waals surface area contributed by atoms with Crippen molar-refractivity contribution in [3.8, 4) is 0 Å². The number of rotatable bonds is 0. The molecule has 1 atom stereocenters. The minimum atomic E-state index is 0.992. The first kappa shape index (κ1) is 3.91.